The summed E-state index contributed by atoms with van der Waals surface area (Å²) in [4.78, 5) is 24.8. The number of rotatable bonds is 10. The van der Waals surface area contributed by atoms with Crippen LogP contribution in [0.1, 0.15) is 93.4 Å². The molecule has 0 aromatic carbocycles. The molecule has 1 N–H and O–H groups in total. The first-order valence-electron chi connectivity index (χ1n) is 10.3. The van der Waals surface area contributed by atoms with Crippen molar-refractivity contribution >= 4 is 11.6 Å². The fourth-order valence-electron chi connectivity index (χ4n) is 3.50. The van der Waals surface area contributed by atoms with Crippen LogP contribution in [0.4, 0.5) is 0 Å². The molecule has 0 heterocycles. The van der Waals surface area contributed by atoms with Crippen LogP contribution in [0, 0.1) is 5.92 Å². The predicted octanol–water partition coefficient (Wildman–Crippen LogP) is 5.88. The molecule has 1 rings (SSSR count). The summed E-state index contributed by atoms with van der Waals surface area (Å²) >= 11 is 0. The molecule has 0 saturated carbocycles. The highest BCUT2D eigenvalue weighted by molar-refractivity contribution is 6.24. The minimum Gasteiger partial charge on any atom is -0.390 e. The summed E-state index contributed by atoms with van der Waals surface area (Å²) in [6, 6.07) is 0. The van der Waals surface area contributed by atoms with Gasteiger partial charge in [0.25, 0.3) is 0 Å². The molecule has 0 radical (unpaired) electrons. The van der Waals surface area contributed by atoms with Gasteiger partial charge in [0, 0.05) is 22.3 Å². The van der Waals surface area contributed by atoms with Crippen molar-refractivity contribution in [2.75, 3.05) is 0 Å². The van der Waals surface area contributed by atoms with Crippen molar-refractivity contribution in [3.8, 4) is 0 Å². The highest BCUT2D eigenvalue weighted by Crippen LogP contribution is 2.30. The average Bonchev–Trinajstić information content (AvgIpc) is 2.57. The summed E-state index contributed by atoms with van der Waals surface area (Å²) in [5, 5.41) is 10.7. The lowest BCUT2D eigenvalue weighted by Gasteiger charge is -2.25. The molecule has 27 heavy (non-hydrogen) atoms. The standard InChI is InChI=1S/C24H38O3/c1-16(2)10-8-11-17(3)12-9-14-24(7,27)15-13-21-20(6)22(25)18(4)19(5)23(21)26/h12,16,27H,8-11,13-15H2,1-7H3. The van der Waals surface area contributed by atoms with Gasteiger partial charge in [0.15, 0.2) is 11.6 Å². The molecular weight excluding hydrogens is 336 g/mol. The summed E-state index contributed by atoms with van der Waals surface area (Å²) in [5.74, 6) is 0.663. The number of carbonyl (C=O) groups excluding carboxylic acids is 2. The molecule has 0 spiro atoms. The Labute approximate surface area is 165 Å². The van der Waals surface area contributed by atoms with Crippen molar-refractivity contribution in [2.45, 2.75) is 99.0 Å². The quantitative estimate of drug-likeness (QED) is 0.384. The Morgan fingerprint density at radius 2 is 1.63 bits per heavy atom. The minimum absolute atomic E-state index is 0.0401. The van der Waals surface area contributed by atoms with Crippen molar-refractivity contribution in [1.82, 2.24) is 0 Å². The van der Waals surface area contributed by atoms with Crippen molar-refractivity contribution in [3.05, 3.63) is 33.9 Å². The molecular formula is C24H38O3. The van der Waals surface area contributed by atoms with E-state index in [1.54, 1.807) is 20.8 Å². The Kier molecular flexibility index (Phi) is 8.87. The van der Waals surface area contributed by atoms with Crippen LogP contribution in [0.3, 0.4) is 0 Å². The molecule has 1 unspecified atom stereocenters. The Balaban J connectivity index is 2.56. The van der Waals surface area contributed by atoms with Gasteiger partial charge in [0.1, 0.15) is 0 Å². The highest BCUT2D eigenvalue weighted by Gasteiger charge is 2.29. The van der Waals surface area contributed by atoms with Gasteiger partial charge in [0.2, 0.25) is 0 Å². The molecule has 0 saturated heterocycles. The lowest BCUT2D eigenvalue weighted by molar-refractivity contribution is -0.116. The third-order valence-electron chi connectivity index (χ3n) is 5.75. The van der Waals surface area contributed by atoms with Gasteiger partial charge in [-0.3, -0.25) is 9.59 Å². The molecule has 1 aliphatic rings. The van der Waals surface area contributed by atoms with Gasteiger partial charge >= 0.3 is 0 Å². The number of hydrogen-bond donors (Lipinski definition) is 1. The van der Waals surface area contributed by atoms with E-state index < -0.39 is 5.60 Å². The van der Waals surface area contributed by atoms with Crippen molar-refractivity contribution in [1.29, 1.82) is 0 Å². The lowest BCUT2D eigenvalue weighted by Crippen LogP contribution is -2.26. The summed E-state index contributed by atoms with van der Waals surface area (Å²) < 4.78 is 0. The third-order valence-corrected chi connectivity index (χ3v) is 5.75. The van der Waals surface area contributed by atoms with E-state index in [4.69, 9.17) is 0 Å². The van der Waals surface area contributed by atoms with E-state index in [2.05, 4.69) is 26.8 Å². The Bertz CT molecular complexity index is 657. The fraction of sp³-hybridized carbons (Fsp3) is 0.667. The number of carbonyl (C=O) groups is 2. The van der Waals surface area contributed by atoms with Gasteiger partial charge in [-0.1, -0.05) is 31.9 Å². The fourth-order valence-corrected chi connectivity index (χ4v) is 3.50. The number of ketones is 2. The molecule has 0 aromatic rings. The summed E-state index contributed by atoms with van der Waals surface area (Å²) in [6.07, 6.45) is 8.25. The zero-order valence-corrected chi connectivity index (χ0v) is 18.4. The number of hydrogen-bond acceptors (Lipinski definition) is 3. The van der Waals surface area contributed by atoms with Crippen LogP contribution in [-0.4, -0.2) is 22.3 Å². The summed E-state index contributed by atoms with van der Waals surface area (Å²) in [7, 11) is 0. The largest absolute Gasteiger partial charge is 0.390 e. The lowest BCUT2D eigenvalue weighted by atomic mass is 9.82. The molecule has 1 atom stereocenters. The maximum Gasteiger partial charge on any atom is 0.185 e. The van der Waals surface area contributed by atoms with E-state index in [-0.39, 0.29) is 11.6 Å². The first-order valence-corrected chi connectivity index (χ1v) is 10.3. The van der Waals surface area contributed by atoms with E-state index in [1.807, 2.05) is 6.92 Å². The van der Waals surface area contributed by atoms with Crippen molar-refractivity contribution < 1.29 is 14.7 Å². The normalized spacial score (nSPS) is 18.6. The first-order chi connectivity index (χ1) is 12.5. The molecule has 0 fully saturated rings. The van der Waals surface area contributed by atoms with Crippen molar-refractivity contribution in [3.63, 3.8) is 0 Å². The SMILES string of the molecule is CC(=CCCC(C)(O)CCC1=C(C)C(=O)C(C)=C(C)C1=O)CCCC(C)C. The highest BCUT2D eigenvalue weighted by atomic mass is 16.3. The van der Waals surface area contributed by atoms with Crippen LogP contribution in [0.25, 0.3) is 0 Å². The van der Waals surface area contributed by atoms with Crippen LogP contribution >= 0.6 is 0 Å². The zero-order valence-electron chi connectivity index (χ0n) is 18.4. The van der Waals surface area contributed by atoms with Crippen molar-refractivity contribution in [2.24, 2.45) is 5.92 Å². The van der Waals surface area contributed by atoms with Crippen LogP contribution in [0.2, 0.25) is 0 Å². The Morgan fingerprint density at radius 3 is 2.22 bits per heavy atom. The van der Waals surface area contributed by atoms with E-state index in [0.717, 1.165) is 18.8 Å². The van der Waals surface area contributed by atoms with Gasteiger partial charge in [-0.25, -0.2) is 0 Å². The smallest absolute Gasteiger partial charge is 0.185 e. The maximum absolute atomic E-state index is 12.5. The molecule has 0 amide bonds. The van der Waals surface area contributed by atoms with E-state index in [9.17, 15) is 14.7 Å². The van der Waals surface area contributed by atoms with Gasteiger partial charge in [-0.05, 0) is 79.1 Å². The molecule has 3 heteroatoms. The Morgan fingerprint density at radius 1 is 1.04 bits per heavy atom. The van der Waals surface area contributed by atoms with E-state index >= 15 is 0 Å². The summed E-state index contributed by atoms with van der Waals surface area (Å²) in [5.41, 5.74) is 2.75. The second-order valence-electron chi connectivity index (χ2n) is 8.88. The Hall–Kier alpha value is -1.48. The number of allylic oxidation sites excluding steroid dienone is 6. The topological polar surface area (TPSA) is 54.4 Å². The molecule has 0 bridgehead atoms. The van der Waals surface area contributed by atoms with Crippen LogP contribution in [0.15, 0.2) is 33.9 Å². The zero-order chi connectivity index (χ0) is 20.8. The maximum atomic E-state index is 12.5. The average molecular weight is 375 g/mol. The number of aliphatic hydroxyl groups is 1. The van der Waals surface area contributed by atoms with Gasteiger partial charge in [-0.15, -0.1) is 0 Å². The predicted molar refractivity (Wildman–Crippen MR) is 113 cm³/mol. The molecule has 3 nitrogen and oxygen atoms in total. The molecule has 0 aliphatic heterocycles. The van der Waals surface area contributed by atoms with Gasteiger partial charge in [-0.2, -0.15) is 0 Å². The second kappa shape index (κ2) is 10.2. The molecule has 152 valence electrons. The van der Waals surface area contributed by atoms with Crippen LogP contribution in [0.5, 0.6) is 0 Å². The van der Waals surface area contributed by atoms with Crippen LogP contribution < -0.4 is 0 Å². The minimum atomic E-state index is -0.838. The number of Topliss-reactive ketones (excluding diaryl/α,β-unsaturated/α-hetero) is 2. The third kappa shape index (κ3) is 7.21. The monoisotopic (exact) mass is 374 g/mol. The van der Waals surface area contributed by atoms with E-state index in [0.29, 0.717) is 41.6 Å². The summed E-state index contributed by atoms with van der Waals surface area (Å²) in [6.45, 7) is 13.6. The van der Waals surface area contributed by atoms with E-state index in [1.165, 1.54) is 18.4 Å². The second-order valence-corrected chi connectivity index (χ2v) is 8.88. The molecule has 0 aromatic heterocycles. The van der Waals surface area contributed by atoms with Crippen LogP contribution in [-0.2, 0) is 9.59 Å². The molecule has 1 aliphatic carbocycles. The first kappa shape index (κ1) is 23.6. The van der Waals surface area contributed by atoms with Gasteiger partial charge in [0.05, 0.1) is 5.60 Å². The van der Waals surface area contributed by atoms with Gasteiger partial charge < -0.3 is 5.11 Å².